The van der Waals surface area contributed by atoms with Gasteiger partial charge in [-0.2, -0.15) is 0 Å². The highest BCUT2D eigenvalue weighted by Gasteiger charge is 2.50. The fourth-order valence-electron chi connectivity index (χ4n) is 2.97. The summed E-state index contributed by atoms with van der Waals surface area (Å²) in [6.45, 7) is 8.04. The number of Topliss-reactive ketones (excluding diaryl/α,β-unsaturated/α-hetero) is 1. The lowest BCUT2D eigenvalue weighted by Crippen LogP contribution is -2.49. The normalized spacial score (nSPS) is 44.4. The van der Waals surface area contributed by atoms with Crippen LogP contribution >= 0.6 is 0 Å². The quantitative estimate of drug-likeness (QED) is 0.742. The summed E-state index contributed by atoms with van der Waals surface area (Å²) in [5.74, 6) is 0.163. The number of hydrogen-bond acceptors (Lipinski definition) is 3. The Morgan fingerprint density at radius 3 is 2.81 bits per heavy atom. The van der Waals surface area contributed by atoms with Gasteiger partial charge >= 0.3 is 0 Å². The Balaban J connectivity index is 2.13. The first-order chi connectivity index (χ1) is 7.47. The molecule has 0 spiro atoms. The predicted octanol–water partition coefficient (Wildman–Crippen LogP) is 2.53. The van der Waals surface area contributed by atoms with Gasteiger partial charge in [0.1, 0.15) is 5.78 Å². The van der Waals surface area contributed by atoms with Crippen LogP contribution < -0.4 is 0 Å². The first kappa shape index (κ1) is 12.1. The molecule has 2 rings (SSSR count). The van der Waals surface area contributed by atoms with Crippen LogP contribution in [0.5, 0.6) is 0 Å². The molecule has 0 aliphatic carbocycles. The molecule has 0 aromatic rings. The third-order valence-corrected chi connectivity index (χ3v) is 4.12. The number of ether oxygens (including phenoxy) is 2. The molecule has 5 atom stereocenters. The minimum absolute atomic E-state index is 0.0103. The average Bonchev–Trinajstić information content (AvgIpc) is 2.61. The molecule has 0 aromatic heterocycles. The summed E-state index contributed by atoms with van der Waals surface area (Å²) in [5.41, 5.74) is 0. The van der Waals surface area contributed by atoms with Crippen LogP contribution in [0.3, 0.4) is 0 Å². The average molecular weight is 226 g/mol. The Morgan fingerprint density at radius 2 is 2.19 bits per heavy atom. The standard InChI is InChI=1S/C13H22O3/c1-5-10(14)8(2)12-9(3)11-6-7-13(4,15-11)16-12/h8-9,11-12H,5-7H2,1-4H3/t8-,9?,11?,12?,13?/m1/s1. The fourth-order valence-corrected chi connectivity index (χ4v) is 2.97. The van der Waals surface area contributed by atoms with Crippen LogP contribution in [0.15, 0.2) is 0 Å². The van der Waals surface area contributed by atoms with Crippen molar-refractivity contribution in [2.75, 3.05) is 0 Å². The van der Waals surface area contributed by atoms with Crippen molar-refractivity contribution in [3.05, 3.63) is 0 Å². The molecule has 2 fully saturated rings. The minimum Gasteiger partial charge on any atom is -0.347 e. The van der Waals surface area contributed by atoms with Crippen molar-refractivity contribution in [3.63, 3.8) is 0 Å². The Labute approximate surface area is 97.5 Å². The molecule has 16 heavy (non-hydrogen) atoms. The van der Waals surface area contributed by atoms with Gasteiger partial charge in [-0.3, -0.25) is 4.79 Å². The molecule has 0 amide bonds. The van der Waals surface area contributed by atoms with Gasteiger partial charge in [0.25, 0.3) is 0 Å². The predicted molar refractivity (Wildman–Crippen MR) is 61.0 cm³/mol. The second-order valence-corrected chi connectivity index (χ2v) is 5.38. The van der Waals surface area contributed by atoms with Gasteiger partial charge in [0.05, 0.1) is 12.2 Å². The topological polar surface area (TPSA) is 35.5 Å². The van der Waals surface area contributed by atoms with E-state index < -0.39 is 5.79 Å². The van der Waals surface area contributed by atoms with Gasteiger partial charge in [0, 0.05) is 24.7 Å². The summed E-state index contributed by atoms with van der Waals surface area (Å²) < 4.78 is 11.9. The van der Waals surface area contributed by atoms with Crippen molar-refractivity contribution in [1.82, 2.24) is 0 Å². The van der Waals surface area contributed by atoms with Crippen LogP contribution in [-0.2, 0) is 14.3 Å². The van der Waals surface area contributed by atoms with Gasteiger partial charge in [-0.05, 0) is 13.3 Å². The number of rotatable bonds is 3. The molecular formula is C13H22O3. The molecule has 0 saturated carbocycles. The monoisotopic (exact) mass is 226 g/mol. The van der Waals surface area contributed by atoms with Crippen LogP contribution in [0.2, 0.25) is 0 Å². The molecular weight excluding hydrogens is 204 g/mol. The smallest absolute Gasteiger partial charge is 0.166 e. The van der Waals surface area contributed by atoms with Crippen molar-refractivity contribution in [3.8, 4) is 0 Å². The van der Waals surface area contributed by atoms with E-state index in [-0.39, 0.29) is 18.1 Å². The maximum atomic E-state index is 11.8. The lowest BCUT2D eigenvalue weighted by Gasteiger charge is -2.42. The van der Waals surface area contributed by atoms with Crippen LogP contribution in [0, 0.1) is 11.8 Å². The summed E-state index contributed by atoms with van der Waals surface area (Å²) >= 11 is 0. The molecule has 2 saturated heterocycles. The molecule has 2 heterocycles. The Hall–Kier alpha value is -0.410. The zero-order valence-corrected chi connectivity index (χ0v) is 10.7. The van der Waals surface area contributed by atoms with Crippen LogP contribution in [0.4, 0.5) is 0 Å². The van der Waals surface area contributed by atoms with Crippen molar-refractivity contribution < 1.29 is 14.3 Å². The van der Waals surface area contributed by atoms with Gasteiger partial charge in [-0.15, -0.1) is 0 Å². The fraction of sp³-hybridized carbons (Fsp3) is 0.923. The van der Waals surface area contributed by atoms with E-state index in [9.17, 15) is 4.79 Å². The molecule has 3 heteroatoms. The number of carbonyl (C=O) groups is 1. The second kappa shape index (κ2) is 4.11. The third kappa shape index (κ3) is 1.91. The molecule has 0 N–H and O–H groups in total. The van der Waals surface area contributed by atoms with Gasteiger partial charge < -0.3 is 9.47 Å². The Bertz CT molecular complexity index is 289. The molecule has 2 aliphatic heterocycles. The Morgan fingerprint density at radius 1 is 1.50 bits per heavy atom. The van der Waals surface area contributed by atoms with E-state index in [2.05, 4.69) is 6.92 Å². The summed E-state index contributed by atoms with van der Waals surface area (Å²) in [5, 5.41) is 0. The first-order valence-corrected chi connectivity index (χ1v) is 6.35. The van der Waals surface area contributed by atoms with Crippen molar-refractivity contribution >= 4 is 5.78 Å². The first-order valence-electron chi connectivity index (χ1n) is 6.35. The zero-order valence-electron chi connectivity index (χ0n) is 10.7. The van der Waals surface area contributed by atoms with E-state index in [1.165, 1.54) is 0 Å². The molecule has 0 aromatic carbocycles. The van der Waals surface area contributed by atoms with Gasteiger partial charge in [0.15, 0.2) is 5.79 Å². The highest BCUT2D eigenvalue weighted by molar-refractivity contribution is 5.80. The van der Waals surface area contributed by atoms with E-state index in [1.807, 2.05) is 20.8 Å². The summed E-state index contributed by atoms with van der Waals surface area (Å²) in [6, 6.07) is 0. The summed E-state index contributed by atoms with van der Waals surface area (Å²) in [7, 11) is 0. The lowest BCUT2D eigenvalue weighted by atomic mass is 9.85. The number of fused-ring (bicyclic) bond motifs is 2. The highest BCUT2D eigenvalue weighted by atomic mass is 16.7. The van der Waals surface area contributed by atoms with E-state index >= 15 is 0 Å². The molecule has 0 radical (unpaired) electrons. The van der Waals surface area contributed by atoms with Crippen LogP contribution in [0.25, 0.3) is 0 Å². The molecule has 2 bridgehead atoms. The van der Waals surface area contributed by atoms with E-state index in [0.717, 1.165) is 12.8 Å². The van der Waals surface area contributed by atoms with Crippen molar-refractivity contribution in [2.24, 2.45) is 11.8 Å². The van der Waals surface area contributed by atoms with E-state index in [0.29, 0.717) is 18.1 Å². The highest BCUT2D eigenvalue weighted by Crippen LogP contribution is 2.44. The SMILES string of the molecule is CCC(=O)[C@@H](C)C1OC2(C)CCC(O2)C1C. The number of ketones is 1. The number of carbonyl (C=O) groups excluding carboxylic acids is 1. The Kier molecular flexibility index (Phi) is 3.10. The van der Waals surface area contributed by atoms with Crippen LogP contribution in [-0.4, -0.2) is 23.8 Å². The van der Waals surface area contributed by atoms with Gasteiger partial charge in [-0.1, -0.05) is 20.8 Å². The van der Waals surface area contributed by atoms with E-state index in [4.69, 9.17) is 9.47 Å². The van der Waals surface area contributed by atoms with E-state index in [1.54, 1.807) is 0 Å². The lowest BCUT2D eigenvalue weighted by molar-refractivity contribution is -0.301. The van der Waals surface area contributed by atoms with Crippen LogP contribution in [0.1, 0.15) is 47.0 Å². The van der Waals surface area contributed by atoms with Crippen molar-refractivity contribution in [2.45, 2.75) is 65.0 Å². The van der Waals surface area contributed by atoms with Crippen molar-refractivity contribution in [1.29, 1.82) is 0 Å². The maximum absolute atomic E-state index is 11.8. The molecule has 92 valence electrons. The third-order valence-electron chi connectivity index (χ3n) is 4.12. The minimum atomic E-state index is -0.440. The zero-order chi connectivity index (χ0) is 11.9. The maximum Gasteiger partial charge on any atom is 0.166 e. The second-order valence-electron chi connectivity index (χ2n) is 5.38. The van der Waals surface area contributed by atoms with Gasteiger partial charge in [0.2, 0.25) is 0 Å². The van der Waals surface area contributed by atoms with Gasteiger partial charge in [-0.25, -0.2) is 0 Å². The largest absolute Gasteiger partial charge is 0.347 e. The summed E-state index contributed by atoms with van der Waals surface area (Å²) in [4.78, 5) is 11.8. The molecule has 3 nitrogen and oxygen atoms in total. The summed E-state index contributed by atoms with van der Waals surface area (Å²) in [6.07, 6.45) is 2.90. The molecule has 2 aliphatic rings. The number of hydrogen-bond donors (Lipinski definition) is 0. The molecule has 4 unspecified atom stereocenters.